The Kier molecular flexibility index (Phi) is 6.21. The zero-order valence-corrected chi connectivity index (χ0v) is 21.8. The fraction of sp³-hybridized carbons (Fsp3) is 0.567. The molecule has 35 heavy (non-hydrogen) atoms. The topological polar surface area (TPSA) is 47.0 Å². The maximum Gasteiger partial charge on any atom is 0.321 e. The molecule has 5 heteroatoms. The first-order chi connectivity index (χ1) is 16.7. The van der Waals surface area contributed by atoms with Crippen molar-refractivity contribution < 1.29 is 9.90 Å². The molecule has 2 aliphatic carbocycles. The van der Waals surface area contributed by atoms with E-state index in [1.807, 2.05) is 0 Å². The van der Waals surface area contributed by atoms with E-state index in [1.54, 1.807) is 0 Å². The Morgan fingerprint density at radius 3 is 2.14 bits per heavy atom. The number of hydrogen-bond acceptors (Lipinski definition) is 3. The summed E-state index contributed by atoms with van der Waals surface area (Å²) >= 11 is 0. The summed E-state index contributed by atoms with van der Waals surface area (Å²) in [5, 5.41) is 11.1. The number of amides is 2. The molecular weight excluding hydrogens is 434 g/mol. The second-order valence-electron chi connectivity index (χ2n) is 11.6. The standard InChI is InChI=1S/C30H41N3O2/c1-23-11-8-9-14-26(23)24(2)32-21-28(33(27(32)34)22-29(35)15-10-16-29)17-19-30(20-18-28,31(3)4)25-12-6-5-7-13-25/h5-9,11-14,24,35H,10,15-22H2,1-4H3. The van der Waals surface area contributed by atoms with Crippen LogP contribution >= 0.6 is 0 Å². The van der Waals surface area contributed by atoms with Crippen LogP contribution < -0.4 is 0 Å². The minimum absolute atomic E-state index is 0.0104. The zero-order chi connectivity index (χ0) is 24.8. The molecule has 1 saturated heterocycles. The van der Waals surface area contributed by atoms with Gasteiger partial charge in [0.25, 0.3) is 0 Å². The van der Waals surface area contributed by atoms with Gasteiger partial charge in [-0.25, -0.2) is 4.79 Å². The van der Waals surface area contributed by atoms with Crippen molar-refractivity contribution in [3.8, 4) is 0 Å². The molecule has 3 aliphatic rings. The van der Waals surface area contributed by atoms with Gasteiger partial charge in [-0.3, -0.25) is 4.90 Å². The molecule has 1 N–H and O–H groups in total. The summed E-state index contributed by atoms with van der Waals surface area (Å²) in [5.74, 6) is 0. The van der Waals surface area contributed by atoms with Crippen LogP contribution in [-0.4, -0.2) is 64.2 Å². The van der Waals surface area contributed by atoms with Crippen molar-refractivity contribution >= 4 is 6.03 Å². The molecule has 1 heterocycles. The van der Waals surface area contributed by atoms with E-state index < -0.39 is 5.60 Å². The summed E-state index contributed by atoms with van der Waals surface area (Å²) in [6.07, 6.45) is 6.53. The molecule has 1 spiro atoms. The Hall–Kier alpha value is -2.37. The monoisotopic (exact) mass is 475 g/mol. The maximum atomic E-state index is 14.0. The molecule has 1 unspecified atom stereocenters. The largest absolute Gasteiger partial charge is 0.388 e. The molecule has 1 aliphatic heterocycles. The Labute approximate surface area is 210 Å². The van der Waals surface area contributed by atoms with Gasteiger partial charge in [0.1, 0.15) is 0 Å². The second-order valence-corrected chi connectivity index (χ2v) is 11.6. The average molecular weight is 476 g/mol. The number of aliphatic hydroxyl groups is 1. The van der Waals surface area contributed by atoms with E-state index in [-0.39, 0.29) is 23.2 Å². The molecule has 2 amide bonds. The summed E-state index contributed by atoms with van der Waals surface area (Å²) in [4.78, 5) is 20.6. The van der Waals surface area contributed by atoms with E-state index in [2.05, 4.69) is 97.2 Å². The van der Waals surface area contributed by atoms with Crippen molar-refractivity contribution in [2.45, 2.75) is 81.5 Å². The summed E-state index contributed by atoms with van der Waals surface area (Å²) < 4.78 is 0. The molecule has 0 aromatic heterocycles. The Bertz CT molecular complexity index is 1050. The van der Waals surface area contributed by atoms with Gasteiger partial charge in [-0.15, -0.1) is 0 Å². The van der Waals surface area contributed by atoms with E-state index in [0.29, 0.717) is 6.54 Å². The third kappa shape index (κ3) is 4.07. The predicted molar refractivity (Wildman–Crippen MR) is 140 cm³/mol. The predicted octanol–water partition coefficient (Wildman–Crippen LogP) is 5.48. The van der Waals surface area contributed by atoms with Gasteiger partial charge in [-0.2, -0.15) is 0 Å². The van der Waals surface area contributed by atoms with Crippen LogP contribution in [-0.2, 0) is 5.54 Å². The van der Waals surface area contributed by atoms with Crippen molar-refractivity contribution in [1.82, 2.24) is 14.7 Å². The van der Waals surface area contributed by atoms with Crippen LogP contribution in [0.3, 0.4) is 0 Å². The quantitative estimate of drug-likeness (QED) is 0.602. The third-order valence-corrected chi connectivity index (χ3v) is 9.53. The van der Waals surface area contributed by atoms with Crippen LogP contribution in [0, 0.1) is 6.92 Å². The molecule has 2 aromatic rings. The summed E-state index contributed by atoms with van der Waals surface area (Å²) in [5.41, 5.74) is 2.82. The summed E-state index contributed by atoms with van der Waals surface area (Å²) in [7, 11) is 4.37. The lowest BCUT2D eigenvalue weighted by molar-refractivity contribution is -0.0725. The average Bonchev–Trinajstić information content (AvgIpc) is 3.10. The Balaban J connectivity index is 1.46. The molecule has 188 valence electrons. The van der Waals surface area contributed by atoms with E-state index in [4.69, 9.17) is 0 Å². The molecule has 0 bridgehead atoms. The first-order valence-electron chi connectivity index (χ1n) is 13.3. The lowest BCUT2D eigenvalue weighted by Crippen LogP contribution is -2.59. The normalized spacial score (nSPS) is 29.0. The van der Waals surface area contributed by atoms with Gasteiger partial charge in [0.05, 0.1) is 23.7 Å². The first kappa shape index (κ1) is 24.3. The van der Waals surface area contributed by atoms with E-state index in [9.17, 15) is 9.90 Å². The highest BCUT2D eigenvalue weighted by molar-refractivity contribution is 5.79. The fourth-order valence-corrected chi connectivity index (χ4v) is 6.93. The fourth-order valence-electron chi connectivity index (χ4n) is 6.93. The van der Waals surface area contributed by atoms with E-state index in [1.165, 1.54) is 16.7 Å². The highest BCUT2D eigenvalue weighted by Crippen LogP contribution is 2.51. The third-order valence-electron chi connectivity index (χ3n) is 9.53. The van der Waals surface area contributed by atoms with Crippen molar-refractivity contribution in [2.75, 3.05) is 27.2 Å². The molecule has 5 rings (SSSR count). The van der Waals surface area contributed by atoms with Gasteiger partial charge in [-0.05, 0) is 89.6 Å². The lowest BCUT2D eigenvalue weighted by atomic mass is 9.67. The molecule has 1 atom stereocenters. The molecule has 0 radical (unpaired) electrons. The molecule has 3 fully saturated rings. The van der Waals surface area contributed by atoms with Crippen LogP contribution in [0.25, 0.3) is 0 Å². The SMILES string of the molecule is Cc1ccccc1C(C)N1CC2(CCC(c3ccccc3)(N(C)C)CC2)N(CC2(O)CCC2)C1=O. The second kappa shape index (κ2) is 8.94. The van der Waals surface area contributed by atoms with Gasteiger partial charge in [0, 0.05) is 12.1 Å². The lowest BCUT2D eigenvalue weighted by Gasteiger charge is -2.52. The summed E-state index contributed by atoms with van der Waals surface area (Å²) in [6.45, 7) is 5.48. The van der Waals surface area contributed by atoms with Gasteiger partial charge < -0.3 is 14.9 Å². The van der Waals surface area contributed by atoms with Crippen molar-refractivity contribution in [2.24, 2.45) is 0 Å². The number of carbonyl (C=O) groups excluding carboxylic acids is 1. The molecule has 2 saturated carbocycles. The minimum Gasteiger partial charge on any atom is -0.388 e. The number of nitrogens with zero attached hydrogens (tertiary/aromatic N) is 3. The molecule has 5 nitrogen and oxygen atoms in total. The number of rotatable bonds is 6. The number of β-amino-alcohol motifs (C(OH)–C–C–N with tert-alkyl or cyclic N) is 1. The highest BCUT2D eigenvalue weighted by Gasteiger charge is 2.57. The highest BCUT2D eigenvalue weighted by atomic mass is 16.3. The Morgan fingerprint density at radius 1 is 0.943 bits per heavy atom. The van der Waals surface area contributed by atoms with Crippen LogP contribution in [0.1, 0.15) is 74.6 Å². The van der Waals surface area contributed by atoms with Crippen LogP contribution in [0.2, 0.25) is 0 Å². The van der Waals surface area contributed by atoms with E-state index in [0.717, 1.165) is 51.5 Å². The van der Waals surface area contributed by atoms with Crippen molar-refractivity contribution in [3.05, 3.63) is 71.3 Å². The number of urea groups is 1. The van der Waals surface area contributed by atoms with Crippen LogP contribution in [0.15, 0.2) is 54.6 Å². The smallest absolute Gasteiger partial charge is 0.321 e. The minimum atomic E-state index is -0.722. The van der Waals surface area contributed by atoms with Gasteiger partial charge in [-0.1, -0.05) is 54.6 Å². The number of benzene rings is 2. The maximum absolute atomic E-state index is 14.0. The number of carbonyl (C=O) groups is 1. The Morgan fingerprint density at radius 2 is 1.57 bits per heavy atom. The van der Waals surface area contributed by atoms with Crippen molar-refractivity contribution in [3.63, 3.8) is 0 Å². The van der Waals surface area contributed by atoms with Crippen molar-refractivity contribution in [1.29, 1.82) is 0 Å². The van der Waals surface area contributed by atoms with Crippen LogP contribution in [0.4, 0.5) is 4.79 Å². The summed E-state index contributed by atoms with van der Waals surface area (Å²) in [6, 6.07) is 19.4. The van der Waals surface area contributed by atoms with Gasteiger partial charge in [0.15, 0.2) is 0 Å². The molecule has 2 aromatic carbocycles. The van der Waals surface area contributed by atoms with Crippen LogP contribution in [0.5, 0.6) is 0 Å². The first-order valence-corrected chi connectivity index (χ1v) is 13.3. The number of aryl methyl sites for hydroxylation is 1. The zero-order valence-electron chi connectivity index (χ0n) is 21.8. The van der Waals surface area contributed by atoms with E-state index >= 15 is 0 Å². The number of hydrogen-bond donors (Lipinski definition) is 1. The van der Waals surface area contributed by atoms with Gasteiger partial charge in [0.2, 0.25) is 0 Å². The molecular formula is C30H41N3O2. The van der Waals surface area contributed by atoms with Gasteiger partial charge >= 0.3 is 6.03 Å².